The Morgan fingerprint density at radius 2 is 2.20 bits per heavy atom. The summed E-state index contributed by atoms with van der Waals surface area (Å²) in [5, 5.41) is 11.1. The first-order valence-electron chi connectivity index (χ1n) is 4.57. The molecular formula is C10H8N2OS2. The molecule has 1 aliphatic rings. The minimum Gasteiger partial charge on any atom is -0.371 e. The van der Waals surface area contributed by atoms with E-state index >= 15 is 0 Å². The molecule has 3 rings (SSSR count). The Labute approximate surface area is 94.9 Å². The van der Waals surface area contributed by atoms with Crippen molar-refractivity contribution in [3.8, 4) is 0 Å². The van der Waals surface area contributed by atoms with Crippen LogP contribution in [0.15, 0.2) is 29.3 Å². The molecule has 1 aromatic heterocycles. The van der Waals surface area contributed by atoms with Crippen molar-refractivity contribution in [3.05, 3.63) is 29.3 Å². The molecule has 1 unspecified atom stereocenters. The molecule has 0 amide bonds. The summed E-state index contributed by atoms with van der Waals surface area (Å²) in [5.41, 5.74) is 1.00. The van der Waals surface area contributed by atoms with Crippen LogP contribution in [0.4, 0.5) is 0 Å². The molecule has 1 atom stereocenters. The third-order valence-corrected chi connectivity index (χ3v) is 4.32. The van der Waals surface area contributed by atoms with E-state index in [1.807, 2.05) is 24.3 Å². The molecule has 0 bridgehead atoms. The highest BCUT2D eigenvalue weighted by molar-refractivity contribution is 8.15. The van der Waals surface area contributed by atoms with Crippen molar-refractivity contribution in [2.24, 2.45) is 4.99 Å². The number of benzene rings is 1. The second-order valence-electron chi connectivity index (χ2n) is 3.21. The van der Waals surface area contributed by atoms with Gasteiger partial charge in [-0.3, -0.25) is 0 Å². The zero-order valence-electron chi connectivity index (χ0n) is 7.75. The molecule has 2 heterocycles. The number of aliphatic hydroxyl groups is 1. The van der Waals surface area contributed by atoms with E-state index in [9.17, 15) is 5.11 Å². The second kappa shape index (κ2) is 3.59. The molecule has 1 aliphatic heterocycles. The fourth-order valence-corrected chi connectivity index (χ4v) is 3.35. The van der Waals surface area contributed by atoms with Gasteiger partial charge in [0.25, 0.3) is 0 Å². The highest BCUT2D eigenvalue weighted by Gasteiger charge is 2.19. The Morgan fingerprint density at radius 3 is 2.93 bits per heavy atom. The maximum Gasteiger partial charge on any atom is 0.155 e. The van der Waals surface area contributed by atoms with Crippen LogP contribution in [0.5, 0.6) is 0 Å². The van der Waals surface area contributed by atoms with Crippen LogP contribution in [0.2, 0.25) is 0 Å². The van der Waals surface area contributed by atoms with Crippen LogP contribution in [0.1, 0.15) is 5.01 Å². The zero-order valence-corrected chi connectivity index (χ0v) is 9.38. The smallest absolute Gasteiger partial charge is 0.155 e. The van der Waals surface area contributed by atoms with E-state index in [1.54, 1.807) is 23.1 Å². The summed E-state index contributed by atoms with van der Waals surface area (Å²) in [6.07, 6.45) is -0.558. The summed E-state index contributed by atoms with van der Waals surface area (Å²) in [5.74, 6) is 0.644. The Bertz CT molecular complexity index is 502. The minimum atomic E-state index is -0.558. The molecule has 3 nitrogen and oxygen atoms in total. The highest BCUT2D eigenvalue weighted by Crippen LogP contribution is 2.28. The van der Waals surface area contributed by atoms with E-state index in [0.29, 0.717) is 5.75 Å². The number of aliphatic hydroxyl groups excluding tert-OH is 1. The first kappa shape index (κ1) is 9.33. The third-order valence-electron chi connectivity index (χ3n) is 2.11. The van der Waals surface area contributed by atoms with Crippen LogP contribution in [0.3, 0.4) is 0 Å². The number of nitrogens with zero attached hydrogens (tertiary/aromatic N) is 2. The molecule has 0 aliphatic carbocycles. The Hall–Kier alpha value is -0.910. The molecule has 1 N–H and O–H groups in total. The number of hydrogen-bond donors (Lipinski definition) is 1. The van der Waals surface area contributed by atoms with Gasteiger partial charge in [-0.2, -0.15) is 0 Å². The minimum absolute atomic E-state index is 0.558. The molecule has 76 valence electrons. The summed E-state index contributed by atoms with van der Waals surface area (Å²) in [4.78, 5) is 8.62. The fraction of sp³-hybridized carbons (Fsp3) is 0.200. The van der Waals surface area contributed by atoms with Crippen molar-refractivity contribution in [3.63, 3.8) is 0 Å². The zero-order chi connectivity index (χ0) is 10.3. The van der Waals surface area contributed by atoms with Crippen molar-refractivity contribution in [2.75, 3.05) is 5.75 Å². The van der Waals surface area contributed by atoms with E-state index in [2.05, 4.69) is 9.98 Å². The molecule has 0 fully saturated rings. The summed E-state index contributed by atoms with van der Waals surface area (Å²) in [7, 11) is 0. The largest absolute Gasteiger partial charge is 0.371 e. The maximum absolute atomic E-state index is 9.30. The Kier molecular flexibility index (Phi) is 2.23. The lowest BCUT2D eigenvalue weighted by molar-refractivity contribution is 0.213. The summed E-state index contributed by atoms with van der Waals surface area (Å²) in [6, 6.07) is 8.02. The normalized spacial score (nSPS) is 20.9. The third kappa shape index (κ3) is 1.67. The van der Waals surface area contributed by atoms with E-state index in [0.717, 1.165) is 20.3 Å². The van der Waals surface area contributed by atoms with Gasteiger partial charge in [0.05, 0.1) is 10.2 Å². The number of thiazole rings is 1. The van der Waals surface area contributed by atoms with E-state index in [1.165, 1.54) is 0 Å². The van der Waals surface area contributed by atoms with Crippen molar-refractivity contribution in [2.45, 2.75) is 6.23 Å². The molecule has 0 saturated carbocycles. The van der Waals surface area contributed by atoms with Crippen LogP contribution in [-0.4, -0.2) is 27.1 Å². The van der Waals surface area contributed by atoms with Crippen LogP contribution in [0.25, 0.3) is 10.2 Å². The topological polar surface area (TPSA) is 45.5 Å². The average molecular weight is 236 g/mol. The van der Waals surface area contributed by atoms with Gasteiger partial charge in [-0.15, -0.1) is 11.3 Å². The second-order valence-corrected chi connectivity index (χ2v) is 5.25. The quantitative estimate of drug-likeness (QED) is 0.824. The van der Waals surface area contributed by atoms with Gasteiger partial charge in [-0.1, -0.05) is 23.9 Å². The highest BCUT2D eigenvalue weighted by atomic mass is 32.2. The van der Waals surface area contributed by atoms with Crippen LogP contribution >= 0.6 is 23.1 Å². The SMILES string of the molecule is OC1CSC(c2nc3ccccc3s2)=N1. The van der Waals surface area contributed by atoms with Crippen molar-refractivity contribution in [1.82, 2.24) is 4.98 Å². The number of thioether (sulfide) groups is 1. The standard InChI is InChI=1S/C10H8N2OS2/c13-8-5-14-9(12-8)10-11-6-3-1-2-4-7(6)15-10/h1-4,8,13H,5H2. The lowest BCUT2D eigenvalue weighted by atomic mass is 10.3. The number of para-hydroxylation sites is 1. The average Bonchev–Trinajstić information content (AvgIpc) is 2.82. The number of fused-ring (bicyclic) bond motifs is 1. The Balaban J connectivity index is 2.09. The molecule has 2 aromatic rings. The first-order chi connectivity index (χ1) is 7.33. The van der Waals surface area contributed by atoms with Gasteiger partial charge in [0.1, 0.15) is 10.1 Å². The molecule has 0 spiro atoms. The molecular weight excluding hydrogens is 228 g/mol. The molecule has 5 heteroatoms. The molecule has 0 saturated heterocycles. The van der Waals surface area contributed by atoms with Crippen LogP contribution in [-0.2, 0) is 0 Å². The summed E-state index contributed by atoms with van der Waals surface area (Å²) in [6.45, 7) is 0. The van der Waals surface area contributed by atoms with Crippen LogP contribution < -0.4 is 0 Å². The number of hydrogen-bond acceptors (Lipinski definition) is 5. The van der Waals surface area contributed by atoms with Gasteiger partial charge in [0.15, 0.2) is 6.23 Å². The predicted molar refractivity (Wildman–Crippen MR) is 64.6 cm³/mol. The number of aromatic nitrogens is 1. The first-order valence-corrected chi connectivity index (χ1v) is 6.38. The van der Waals surface area contributed by atoms with Crippen molar-refractivity contribution < 1.29 is 5.11 Å². The predicted octanol–water partition coefficient (Wildman–Crippen LogP) is 2.11. The lowest BCUT2D eigenvalue weighted by Crippen LogP contribution is -1.98. The van der Waals surface area contributed by atoms with E-state index < -0.39 is 6.23 Å². The number of aliphatic imine (C=N–C) groups is 1. The van der Waals surface area contributed by atoms with Gasteiger partial charge in [0, 0.05) is 5.75 Å². The molecule has 1 aromatic carbocycles. The Morgan fingerprint density at radius 1 is 1.33 bits per heavy atom. The van der Waals surface area contributed by atoms with Gasteiger partial charge in [-0.05, 0) is 12.1 Å². The van der Waals surface area contributed by atoms with E-state index in [4.69, 9.17) is 0 Å². The van der Waals surface area contributed by atoms with E-state index in [-0.39, 0.29) is 0 Å². The summed E-state index contributed by atoms with van der Waals surface area (Å²) < 4.78 is 1.16. The molecule has 0 radical (unpaired) electrons. The summed E-state index contributed by atoms with van der Waals surface area (Å²) >= 11 is 3.19. The van der Waals surface area contributed by atoms with Gasteiger partial charge >= 0.3 is 0 Å². The van der Waals surface area contributed by atoms with Crippen LogP contribution in [0, 0.1) is 0 Å². The monoisotopic (exact) mass is 236 g/mol. The van der Waals surface area contributed by atoms with Gasteiger partial charge < -0.3 is 5.11 Å². The van der Waals surface area contributed by atoms with Crippen molar-refractivity contribution >= 4 is 38.4 Å². The maximum atomic E-state index is 9.30. The van der Waals surface area contributed by atoms with Gasteiger partial charge in [0.2, 0.25) is 0 Å². The number of rotatable bonds is 1. The van der Waals surface area contributed by atoms with Gasteiger partial charge in [-0.25, -0.2) is 9.98 Å². The fourth-order valence-electron chi connectivity index (χ4n) is 1.44. The molecule has 15 heavy (non-hydrogen) atoms. The lowest BCUT2D eigenvalue weighted by Gasteiger charge is -1.88. The van der Waals surface area contributed by atoms with Crippen molar-refractivity contribution in [1.29, 1.82) is 0 Å².